The molecular formula is C15H22N2O2S. The zero-order valence-electron chi connectivity index (χ0n) is 12.1. The van der Waals surface area contributed by atoms with Gasteiger partial charge in [0.2, 0.25) is 0 Å². The van der Waals surface area contributed by atoms with Crippen LogP contribution in [0.3, 0.4) is 0 Å². The maximum Gasteiger partial charge on any atom is 0.253 e. The molecule has 1 heterocycles. The second-order valence-corrected chi connectivity index (χ2v) is 6.21. The molecule has 1 aliphatic rings. The van der Waals surface area contributed by atoms with Gasteiger partial charge in [-0.3, -0.25) is 4.79 Å². The molecule has 1 amide bonds. The van der Waals surface area contributed by atoms with Gasteiger partial charge in [-0.25, -0.2) is 4.98 Å². The Kier molecular flexibility index (Phi) is 5.43. The lowest BCUT2D eigenvalue weighted by Gasteiger charge is -2.31. The minimum absolute atomic E-state index is 0.000438. The van der Waals surface area contributed by atoms with E-state index in [0.717, 1.165) is 30.7 Å². The van der Waals surface area contributed by atoms with Gasteiger partial charge in [0.25, 0.3) is 5.91 Å². The lowest BCUT2D eigenvalue weighted by Crippen LogP contribution is -2.38. The van der Waals surface area contributed by atoms with Gasteiger partial charge >= 0.3 is 0 Å². The maximum atomic E-state index is 12.4. The molecule has 1 N–H and O–H groups in total. The first kappa shape index (κ1) is 15.3. The fourth-order valence-electron chi connectivity index (χ4n) is 2.71. The van der Waals surface area contributed by atoms with Crippen LogP contribution in [-0.4, -0.2) is 46.8 Å². The summed E-state index contributed by atoms with van der Waals surface area (Å²) in [5, 5.41) is 10.9. The van der Waals surface area contributed by atoms with Gasteiger partial charge in [-0.1, -0.05) is 12.8 Å². The lowest BCUT2D eigenvalue weighted by molar-refractivity contribution is 0.0451. The predicted molar refractivity (Wildman–Crippen MR) is 80.9 cm³/mol. The molecule has 0 radical (unpaired) electrons. The molecule has 5 heteroatoms. The van der Waals surface area contributed by atoms with Crippen molar-refractivity contribution in [1.29, 1.82) is 0 Å². The SMILES string of the molecule is CSc1cc(C(=O)N(C)CC2CCCCC2O)ccn1. The Morgan fingerprint density at radius 1 is 1.50 bits per heavy atom. The highest BCUT2D eigenvalue weighted by Crippen LogP contribution is 2.25. The zero-order valence-corrected chi connectivity index (χ0v) is 12.9. The molecule has 110 valence electrons. The van der Waals surface area contributed by atoms with Gasteiger partial charge in [-0.15, -0.1) is 11.8 Å². The molecule has 1 fully saturated rings. The molecule has 2 rings (SSSR count). The van der Waals surface area contributed by atoms with Crippen molar-refractivity contribution >= 4 is 17.7 Å². The highest BCUT2D eigenvalue weighted by molar-refractivity contribution is 7.98. The van der Waals surface area contributed by atoms with E-state index < -0.39 is 0 Å². The summed E-state index contributed by atoms with van der Waals surface area (Å²) in [5.41, 5.74) is 0.664. The van der Waals surface area contributed by atoms with Crippen molar-refractivity contribution in [1.82, 2.24) is 9.88 Å². The summed E-state index contributed by atoms with van der Waals surface area (Å²) in [6.45, 7) is 0.622. The minimum atomic E-state index is -0.266. The van der Waals surface area contributed by atoms with Gasteiger partial charge < -0.3 is 10.0 Å². The topological polar surface area (TPSA) is 53.4 Å². The number of thioether (sulfide) groups is 1. The van der Waals surface area contributed by atoms with Crippen molar-refractivity contribution in [2.75, 3.05) is 19.8 Å². The molecule has 20 heavy (non-hydrogen) atoms. The van der Waals surface area contributed by atoms with E-state index in [1.165, 1.54) is 11.8 Å². The number of hydrogen-bond donors (Lipinski definition) is 1. The number of aromatic nitrogens is 1. The van der Waals surface area contributed by atoms with E-state index in [-0.39, 0.29) is 17.9 Å². The molecule has 1 saturated carbocycles. The van der Waals surface area contributed by atoms with Crippen LogP contribution in [-0.2, 0) is 0 Å². The Morgan fingerprint density at radius 2 is 2.25 bits per heavy atom. The van der Waals surface area contributed by atoms with Crippen LogP contribution in [0.4, 0.5) is 0 Å². The van der Waals surface area contributed by atoms with Gasteiger partial charge in [-0.05, 0) is 31.2 Å². The van der Waals surface area contributed by atoms with E-state index in [0.29, 0.717) is 12.1 Å². The molecule has 1 aromatic heterocycles. The van der Waals surface area contributed by atoms with E-state index in [1.807, 2.05) is 19.4 Å². The van der Waals surface area contributed by atoms with Crippen molar-refractivity contribution in [3.05, 3.63) is 23.9 Å². The van der Waals surface area contributed by atoms with Crippen molar-refractivity contribution in [2.45, 2.75) is 36.8 Å². The number of aliphatic hydroxyl groups is 1. The monoisotopic (exact) mass is 294 g/mol. The van der Waals surface area contributed by atoms with Crippen molar-refractivity contribution in [3.63, 3.8) is 0 Å². The summed E-state index contributed by atoms with van der Waals surface area (Å²) in [7, 11) is 1.81. The molecule has 0 saturated heterocycles. The van der Waals surface area contributed by atoms with Crippen LogP contribution in [0.2, 0.25) is 0 Å². The first-order valence-electron chi connectivity index (χ1n) is 7.05. The predicted octanol–water partition coefficient (Wildman–Crippen LogP) is 2.43. The Hall–Kier alpha value is -1.07. The molecule has 0 bridgehead atoms. The van der Waals surface area contributed by atoms with Crippen LogP contribution in [0.15, 0.2) is 23.4 Å². The number of nitrogens with zero attached hydrogens (tertiary/aromatic N) is 2. The zero-order chi connectivity index (χ0) is 14.5. The second kappa shape index (κ2) is 7.09. The summed E-state index contributed by atoms with van der Waals surface area (Å²) >= 11 is 1.53. The molecule has 0 aliphatic heterocycles. The van der Waals surface area contributed by atoms with Crippen LogP contribution < -0.4 is 0 Å². The van der Waals surface area contributed by atoms with Crippen LogP contribution in [0.1, 0.15) is 36.0 Å². The van der Waals surface area contributed by atoms with E-state index in [9.17, 15) is 9.90 Å². The molecule has 1 aliphatic carbocycles. The Morgan fingerprint density at radius 3 is 2.95 bits per heavy atom. The first-order chi connectivity index (χ1) is 9.61. The third-order valence-corrected chi connectivity index (χ3v) is 4.56. The van der Waals surface area contributed by atoms with Gasteiger partial charge in [0, 0.05) is 31.3 Å². The normalized spacial score (nSPS) is 22.6. The van der Waals surface area contributed by atoms with Gasteiger partial charge in [-0.2, -0.15) is 0 Å². The Labute approximate surface area is 124 Å². The average molecular weight is 294 g/mol. The standard InChI is InChI=1S/C15H22N2O2S/c1-17(10-12-5-3-4-6-13(12)18)15(19)11-7-8-16-14(9-11)20-2/h7-9,12-13,18H,3-6,10H2,1-2H3. The molecule has 0 aromatic carbocycles. The summed E-state index contributed by atoms with van der Waals surface area (Å²) in [6.07, 6.45) is 7.45. The summed E-state index contributed by atoms with van der Waals surface area (Å²) < 4.78 is 0. The fraction of sp³-hybridized carbons (Fsp3) is 0.600. The van der Waals surface area contributed by atoms with Crippen LogP contribution >= 0.6 is 11.8 Å². The van der Waals surface area contributed by atoms with Crippen LogP contribution in [0.5, 0.6) is 0 Å². The molecule has 2 atom stereocenters. The van der Waals surface area contributed by atoms with Crippen LogP contribution in [0.25, 0.3) is 0 Å². The molecule has 0 spiro atoms. The largest absolute Gasteiger partial charge is 0.393 e. The quantitative estimate of drug-likeness (QED) is 0.867. The van der Waals surface area contributed by atoms with E-state index in [1.54, 1.807) is 17.2 Å². The second-order valence-electron chi connectivity index (χ2n) is 5.38. The number of carbonyl (C=O) groups is 1. The van der Waals surface area contributed by atoms with Crippen molar-refractivity contribution in [2.24, 2.45) is 5.92 Å². The number of amides is 1. The number of carbonyl (C=O) groups excluding carboxylic acids is 1. The number of rotatable bonds is 4. The maximum absolute atomic E-state index is 12.4. The Balaban J connectivity index is 2.00. The van der Waals surface area contributed by atoms with Gasteiger partial charge in [0.15, 0.2) is 0 Å². The van der Waals surface area contributed by atoms with Gasteiger partial charge in [0.1, 0.15) is 0 Å². The summed E-state index contributed by atoms with van der Waals surface area (Å²) in [5.74, 6) is 0.208. The third-order valence-electron chi connectivity index (χ3n) is 3.91. The highest BCUT2D eigenvalue weighted by atomic mass is 32.2. The van der Waals surface area contributed by atoms with Crippen molar-refractivity contribution in [3.8, 4) is 0 Å². The lowest BCUT2D eigenvalue weighted by atomic mass is 9.86. The molecule has 2 unspecified atom stereocenters. The molecule has 1 aromatic rings. The summed E-state index contributed by atoms with van der Waals surface area (Å²) in [6, 6.07) is 3.57. The Bertz CT molecular complexity index is 467. The van der Waals surface area contributed by atoms with E-state index >= 15 is 0 Å². The van der Waals surface area contributed by atoms with Gasteiger partial charge in [0.05, 0.1) is 11.1 Å². The number of hydrogen-bond acceptors (Lipinski definition) is 4. The number of pyridine rings is 1. The highest BCUT2D eigenvalue weighted by Gasteiger charge is 2.26. The molecule has 4 nitrogen and oxygen atoms in total. The fourth-order valence-corrected chi connectivity index (χ4v) is 3.12. The smallest absolute Gasteiger partial charge is 0.253 e. The summed E-state index contributed by atoms with van der Waals surface area (Å²) in [4.78, 5) is 18.3. The minimum Gasteiger partial charge on any atom is -0.393 e. The third kappa shape index (κ3) is 3.73. The van der Waals surface area contributed by atoms with E-state index in [2.05, 4.69) is 4.98 Å². The first-order valence-corrected chi connectivity index (χ1v) is 8.28. The molecular weight excluding hydrogens is 272 g/mol. The average Bonchev–Trinajstić information content (AvgIpc) is 2.48. The number of aliphatic hydroxyl groups excluding tert-OH is 1. The van der Waals surface area contributed by atoms with Crippen molar-refractivity contribution < 1.29 is 9.90 Å². The van der Waals surface area contributed by atoms with Crippen LogP contribution in [0, 0.1) is 5.92 Å². The van der Waals surface area contributed by atoms with E-state index in [4.69, 9.17) is 0 Å².